The van der Waals surface area contributed by atoms with Crippen molar-refractivity contribution in [2.75, 3.05) is 0 Å². The normalized spacial score (nSPS) is 13.1. The predicted octanol–water partition coefficient (Wildman–Crippen LogP) is 4.08. The van der Waals surface area contributed by atoms with Gasteiger partial charge in [-0.3, -0.25) is 0 Å². The smallest absolute Gasteiger partial charge is 0.335 e. The third-order valence-corrected chi connectivity index (χ3v) is 3.17. The maximum atomic E-state index is 14.4. The van der Waals surface area contributed by atoms with E-state index in [1.165, 1.54) is 13.0 Å². The van der Waals surface area contributed by atoms with Crippen molar-refractivity contribution in [3.05, 3.63) is 76.8 Å². The fraction of sp³-hybridized carbons (Fsp3) is 0.0625. The SMILES string of the molecule is C=C/C(C(=C)C(=O)O)=C(N)/C(F)=C(\C)c1ccc(Cl)cc1. The zero-order chi connectivity index (χ0) is 16.2. The van der Waals surface area contributed by atoms with E-state index in [1.807, 2.05) is 0 Å². The molecule has 5 heteroatoms. The lowest BCUT2D eigenvalue weighted by Gasteiger charge is -2.10. The van der Waals surface area contributed by atoms with Crippen LogP contribution in [0.15, 0.2) is 66.2 Å². The number of carboxylic acid groups (broad SMARTS) is 1. The van der Waals surface area contributed by atoms with Gasteiger partial charge in [0, 0.05) is 10.6 Å². The Morgan fingerprint density at radius 1 is 1.38 bits per heavy atom. The van der Waals surface area contributed by atoms with Crippen LogP contribution < -0.4 is 5.73 Å². The number of allylic oxidation sites excluding steroid dienone is 3. The van der Waals surface area contributed by atoms with E-state index in [-0.39, 0.29) is 22.4 Å². The molecule has 0 saturated carbocycles. The van der Waals surface area contributed by atoms with Gasteiger partial charge in [0.15, 0.2) is 0 Å². The second kappa shape index (κ2) is 6.90. The van der Waals surface area contributed by atoms with E-state index in [2.05, 4.69) is 13.2 Å². The lowest BCUT2D eigenvalue weighted by Crippen LogP contribution is -2.09. The van der Waals surface area contributed by atoms with Crippen molar-refractivity contribution in [1.29, 1.82) is 0 Å². The molecular formula is C16H15ClFNO2. The van der Waals surface area contributed by atoms with Gasteiger partial charge in [0.1, 0.15) is 5.83 Å². The first kappa shape index (κ1) is 16.7. The van der Waals surface area contributed by atoms with Crippen LogP contribution in [0.5, 0.6) is 0 Å². The number of aliphatic carboxylic acids is 1. The fourth-order valence-corrected chi connectivity index (χ4v) is 1.78. The lowest BCUT2D eigenvalue weighted by molar-refractivity contribution is -0.132. The maximum Gasteiger partial charge on any atom is 0.335 e. The highest BCUT2D eigenvalue weighted by Crippen LogP contribution is 2.27. The Hall–Kier alpha value is -2.33. The Bertz CT molecular complexity index is 657. The van der Waals surface area contributed by atoms with Gasteiger partial charge in [-0.2, -0.15) is 0 Å². The highest BCUT2D eigenvalue weighted by atomic mass is 35.5. The Labute approximate surface area is 127 Å². The van der Waals surface area contributed by atoms with Gasteiger partial charge < -0.3 is 10.8 Å². The first-order chi connectivity index (χ1) is 9.79. The van der Waals surface area contributed by atoms with Crippen LogP contribution >= 0.6 is 11.6 Å². The van der Waals surface area contributed by atoms with Crippen molar-refractivity contribution < 1.29 is 14.3 Å². The van der Waals surface area contributed by atoms with Crippen molar-refractivity contribution in [3.63, 3.8) is 0 Å². The largest absolute Gasteiger partial charge is 0.478 e. The van der Waals surface area contributed by atoms with Crippen molar-refractivity contribution >= 4 is 23.1 Å². The molecule has 1 aromatic rings. The second-order valence-electron chi connectivity index (χ2n) is 4.26. The van der Waals surface area contributed by atoms with Crippen LogP contribution in [0, 0.1) is 0 Å². The van der Waals surface area contributed by atoms with Crippen LogP contribution in [0.2, 0.25) is 5.02 Å². The number of carbonyl (C=O) groups is 1. The van der Waals surface area contributed by atoms with Gasteiger partial charge in [0.25, 0.3) is 0 Å². The summed E-state index contributed by atoms with van der Waals surface area (Å²) in [5, 5.41) is 9.44. The molecule has 110 valence electrons. The van der Waals surface area contributed by atoms with Crippen molar-refractivity contribution in [1.82, 2.24) is 0 Å². The Morgan fingerprint density at radius 3 is 2.33 bits per heavy atom. The first-order valence-corrected chi connectivity index (χ1v) is 6.34. The molecule has 0 saturated heterocycles. The third-order valence-electron chi connectivity index (χ3n) is 2.92. The number of benzene rings is 1. The molecule has 0 aromatic heterocycles. The van der Waals surface area contributed by atoms with Gasteiger partial charge in [-0.05, 0) is 30.2 Å². The molecule has 0 radical (unpaired) electrons. The van der Waals surface area contributed by atoms with Crippen LogP contribution in [0.25, 0.3) is 5.57 Å². The number of hydrogen-bond donors (Lipinski definition) is 2. The quantitative estimate of drug-likeness (QED) is 0.636. The van der Waals surface area contributed by atoms with E-state index in [0.717, 1.165) is 0 Å². The molecule has 0 heterocycles. The summed E-state index contributed by atoms with van der Waals surface area (Å²) in [7, 11) is 0. The zero-order valence-corrected chi connectivity index (χ0v) is 12.2. The van der Waals surface area contributed by atoms with Crippen LogP contribution in [0.1, 0.15) is 12.5 Å². The van der Waals surface area contributed by atoms with Gasteiger partial charge in [-0.1, -0.05) is 43.0 Å². The van der Waals surface area contributed by atoms with E-state index in [9.17, 15) is 9.18 Å². The average molecular weight is 308 g/mol. The Balaban J connectivity index is 3.37. The van der Waals surface area contributed by atoms with Crippen LogP contribution in [-0.2, 0) is 4.79 Å². The first-order valence-electron chi connectivity index (χ1n) is 5.97. The van der Waals surface area contributed by atoms with Crippen LogP contribution in [0.4, 0.5) is 4.39 Å². The van der Waals surface area contributed by atoms with E-state index >= 15 is 0 Å². The minimum absolute atomic E-state index is 0.0479. The minimum Gasteiger partial charge on any atom is -0.478 e. The van der Waals surface area contributed by atoms with E-state index in [1.54, 1.807) is 24.3 Å². The predicted molar refractivity (Wildman–Crippen MR) is 83.3 cm³/mol. The van der Waals surface area contributed by atoms with Gasteiger partial charge in [-0.25, -0.2) is 9.18 Å². The summed E-state index contributed by atoms with van der Waals surface area (Å²) in [6.07, 6.45) is 1.17. The van der Waals surface area contributed by atoms with Crippen molar-refractivity contribution in [3.8, 4) is 0 Å². The van der Waals surface area contributed by atoms with Gasteiger partial charge in [-0.15, -0.1) is 0 Å². The maximum absolute atomic E-state index is 14.4. The molecule has 0 aliphatic rings. The van der Waals surface area contributed by atoms with Gasteiger partial charge in [0.05, 0.1) is 11.3 Å². The molecule has 1 aromatic carbocycles. The molecule has 0 aliphatic heterocycles. The summed E-state index contributed by atoms with van der Waals surface area (Å²) in [4.78, 5) is 10.9. The second-order valence-corrected chi connectivity index (χ2v) is 4.70. The van der Waals surface area contributed by atoms with Crippen molar-refractivity contribution in [2.45, 2.75) is 6.92 Å². The van der Waals surface area contributed by atoms with Gasteiger partial charge >= 0.3 is 5.97 Å². The van der Waals surface area contributed by atoms with E-state index in [4.69, 9.17) is 22.4 Å². The zero-order valence-electron chi connectivity index (χ0n) is 11.5. The Kier molecular flexibility index (Phi) is 5.50. The molecular weight excluding hydrogens is 293 g/mol. The number of rotatable bonds is 5. The van der Waals surface area contributed by atoms with Crippen molar-refractivity contribution in [2.24, 2.45) is 5.73 Å². The number of halogens is 2. The summed E-state index contributed by atoms with van der Waals surface area (Å²) >= 11 is 5.77. The standard InChI is InChI=1S/C16H15ClFNO2/c1-4-13(10(3)16(20)21)15(19)14(18)9(2)11-5-7-12(17)8-6-11/h4-8H,1,3,19H2,2H3,(H,20,21)/b14-9-,15-13+. The average Bonchev–Trinajstić information content (AvgIpc) is 2.46. The molecule has 1 rings (SSSR count). The summed E-state index contributed by atoms with van der Waals surface area (Å²) in [5.74, 6) is -2.01. The van der Waals surface area contributed by atoms with Gasteiger partial charge in [0.2, 0.25) is 0 Å². The monoisotopic (exact) mass is 307 g/mol. The van der Waals surface area contributed by atoms with Crippen LogP contribution in [-0.4, -0.2) is 11.1 Å². The molecule has 0 bridgehead atoms. The third kappa shape index (κ3) is 3.83. The molecule has 3 N–H and O–H groups in total. The number of carboxylic acids is 1. The Morgan fingerprint density at radius 2 is 1.90 bits per heavy atom. The van der Waals surface area contributed by atoms with Crippen LogP contribution in [0.3, 0.4) is 0 Å². The highest BCUT2D eigenvalue weighted by molar-refractivity contribution is 6.30. The number of hydrogen-bond acceptors (Lipinski definition) is 2. The molecule has 0 unspecified atom stereocenters. The summed E-state index contributed by atoms with van der Waals surface area (Å²) < 4.78 is 14.4. The van der Waals surface area contributed by atoms with E-state index < -0.39 is 11.8 Å². The summed E-state index contributed by atoms with van der Waals surface area (Å²) in [6, 6.07) is 6.53. The number of nitrogens with two attached hydrogens (primary N) is 1. The molecule has 0 fully saturated rings. The highest BCUT2D eigenvalue weighted by Gasteiger charge is 2.16. The lowest BCUT2D eigenvalue weighted by atomic mass is 10.0. The topological polar surface area (TPSA) is 63.3 Å². The molecule has 3 nitrogen and oxygen atoms in total. The molecule has 0 atom stereocenters. The molecule has 21 heavy (non-hydrogen) atoms. The molecule has 0 spiro atoms. The fourth-order valence-electron chi connectivity index (χ4n) is 1.66. The minimum atomic E-state index is -1.29. The van der Waals surface area contributed by atoms with E-state index in [0.29, 0.717) is 10.6 Å². The molecule has 0 aliphatic carbocycles. The summed E-state index contributed by atoms with van der Waals surface area (Å²) in [5.41, 5.74) is 5.88. The molecule has 0 amide bonds. The summed E-state index contributed by atoms with van der Waals surface area (Å²) in [6.45, 7) is 8.34.